The van der Waals surface area contributed by atoms with Crippen LogP contribution in [0.4, 0.5) is 21.9 Å². The van der Waals surface area contributed by atoms with Gasteiger partial charge in [0, 0.05) is 18.5 Å². The van der Waals surface area contributed by atoms with Gasteiger partial charge in [-0.3, -0.25) is 25.1 Å². The first-order valence-electron chi connectivity index (χ1n) is 10.0. The van der Waals surface area contributed by atoms with E-state index in [0.29, 0.717) is 5.56 Å². The number of nitrogens with zero attached hydrogens (tertiary/aromatic N) is 3. The van der Waals surface area contributed by atoms with E-state index in [1.165, 1.54) is 11.0 Å². The van der Waals surface area contributed by atoms with Crippen molar-refractivity contribution in [3.05, 3.63) is 97.6 Å². The summed E-state index contributed by atoms with van der Waals surface area (Å²) in [4.78, 5) is 35.4. The summed E-state index contributed by atoms with van der Waals surface area (Å²) < 4.78 is 5.62. The third-order valence-corrected chi connectivity index (χ3v) is 5.99. The van der Waals surface area contributed by atoms with Crippen LogP contribution in [0, 0.1) is 20.2 Å². The number of hydrogen-bond acceptors (Lipinski definition) is 6. The van der Waals surface area contributed by atoms with Gasteiger partial charge in [-0.25, -0.2) is 4.79 Å². The fourth-order valence-electron chi connectivity index (χ4n) is 4.61. The summed E-state index contributed by atoms with van der Waals surface area (Å²) in [5, 5.41) is 22.7. The molecular weight excluding hydrogens is 414 g/mol. The van der Waals surface area contributed by atoms with Gasteiger partial charge in [0.15, 0.2) is 0 Å². The van der Waals surface area contributed by atoms with Gasteiger partial charge in [0.2, 0.25) is 0 Å². The zero-order chi connectivity index (χ0) is 22.4. The van der Waals surface area contributed by atoms with Crippen LogP contribution in [0.15, 0.2) is 60.7 Å². The van der Waals surface area contributed by atoms with E-state index in [-0.39, 0.29) is 36.9 Å². The molecule has 0 bridgehead atoms. The van der Waals surface area contributed by atoms with Crippen LogP contribution in [-0.2, 0) is 11.2 Å². The molecule has 9 nitrogen and oxygen atoms in total. The first-order valence-corrected chi connectivity index (χ1v) is 10.0. The summed E-state index contributed by atoms with van der Waals surface area (Å²) >= 11 is 0. The van der Waals surface area contributed by atoms with Crippen molar-refractivity contribution in [3.63, 3.8) is 0 Å². The SMILES string of the molecule is O=C(OCC1c2ccccc2-c2ccccc21)N1CCc2cc([N+](=O)[O-])cc([N+](=O)[O-])c21. The van der Waals surface area contributed by atoms with Gasteiger partial charge in [0.05, 0.1) is 15.9 Å². The van der Waals surface area contributed by atoms with E-state index in [1.54, 1.807) is 0 Å². The number of amides is 1. The van der Waals surface area contributed by atoms with Crippen molar-refractivity contribution in [2.45, 2.75) is 12.3 Å². The lowest BCUT2D eigenvalue weighted by Crippen LogP contribution is -2.31. The molecule has 1 aliphatic carbocycles. The third-order valence-electron chi connectivity index (χ3n) is 5.99. The van der Waals surface area contributed by atoms with Crippen LogP contribution in [-0.4, -0.2) is 29.1 Å². The minimum absolute atomic E-state index is 0.0674. The number of nitro benzene ring substituents is 2. The summed E-state index contributed by atoms with van der Waals surface area (Å²) in [6.45, 7) is 0.244. The molecule has 3 aromatic rings. The molecule has 1 heterocycles. The monoisotopic (exact) mass is 431 g/mol. The largest absolute Gasteiger partial charge is 0.448 e. The quantitative estimate of drug-likeness (QED) is 0.432. The predicted molar refractivity (Wildman–Crippen MR) is 116 cm³/mol. The average molecular weight is 431 g/mol. The minimum Gasteiger partial charge on any atom is -0.448 e. The second-order valence-electron chi connectivity index (χ2n) is 7.69. The number of carbonyl (C=O) groups is 1. The summed E-state index contributed by atoms with van der Waals surface area (Å²) in [5.74, 6) is -0.139. The van der Waals surface area contributed by atoms with Gasteiger partial charge < -0.3 is 4.74 Å². The van der Waals surface area contributed by atoms with E-state index in [1.807, 2.05) is 48.5 Å². The highest BCUT2D eigenvalue weighted by atomic mass is 16.6. The van der Waals surface area contributed by atoms with Crippen molar-refractivity contribution in [2.24, 2.45) is 0 Å². The van der Waals surface area contributed by atoms with Crippen molar-refractivity contribution in [1.82, 2.24) is 0 Å². The van der Waals surface area contributed by atoms with Gasteiger partial charge in [-0.05, 0) is 34.2 Å². The molecule has 0 unspecified atom stereocenters. The van der Waals surface area contributed by atoms with Crippen LogP contribution in [0.25, 0.3) is 11.1 Å². The molecule has 0 atom stereocenters. The lowest BCUT2D eigenvalue weighted by atomic mass is 9.98. The molecular formula is C23H17N3O6. The molecule has 1 aliphatic heterocycles. The van der Waals surface area contributed by atoms with Gasteiger partial charge in [0.25, 0.3) is 11.4 Å². The second kappa shape index (κ2) is 7.45. The molecule has 0 N–H and O–H groups in total. The molecule has 1 amide bonds. The highest BCUT2D eigenvalue weighted by Gasteiger charge is 2.37. The molecule has 2 aliphatic rings. The van der Waals surface area contributed by atoms with Gasteiger partial charge in [0.1, 0.15) is 12.3 Å². The Bertz CT molecular complexity index is 1240. The molecule has 0 spiro atoms. The normalized spacial score (nSPS) is 13.9. The van der Waals surface area contributed by atoms with E-state index in [0.717, 1.165) is 28.3 Å². The molecule has 5 rings (SSSR count). The van der Waals surface area contributed by atoms with Crippen molar-refractivity contribution < 1.29 is 19.4 Å². The maximum atomic E-state index is 12.9. The molecule has 160 valence electrons. The molecule has 0 saturated carbocycles. The Balaban J connectivity index is 1.42. The predicted octanol–water partition coefficient (Wildman–Crippen LogP) is 4.81. The van der Waals surface area contributed by atoms with E-state index in [2.05, 4.69) is 0 Å². The van der Waals surface area contributed by atoms with Crippen LogP contribution in [0.1, 0.15) is 22.6 Å². The Kier molecular flexibility index (Phi) is 4.58. The van der Waals surface area contributed by atoms with Crippen molar-refractivity contribution >= 4 is 23.2 Å². The highest BCUT2D eigenvalue weighted by Crippen LogP contribution is 2.45. The topological polar surface area (TPSA) is 116 Å². The van der Waals surface area contributed by atoms with E-state index >= 15 is 0 Å². The molecule has 9 heteroatoms. The van der Waals surface area contributed by atoms with Crippen molar-refractivity contribution in [1.29, 1.82) is 0 Å². The zero-order valence-electron chi connectivity index (χ0n) is 16.8. The van der Waals surface area contributed by atoms with E-state index in [9.17, 15) is 25.0 Å². The number of rotatable bonds is 4. The fraction of sp³-hybridized carbons (Fsp3) is 0.174. The molecule has 0 saturated heterocycles. The van der Waals surface area contributed by atoms with Gasteiger partial charge in [-0.15, -0.1) is 0 Å². The fourth-order valence-corrected chi connectivity index (χ4v) is 4.61. The van der Waals surface area contributed by atoms with Crippen LogP contribution >= 0.6 is 0 Å². The first-order chi connectivity index (χ1) is 15.5. The Morgan fingerprint density at radius 1 is 0.969 bits per heavy atom. The van der Waals surface area contributed by atoms with Crippen LogP contribution in [0.2, 0.25) is 0 Å². The summed E-state index contributed by atoms with van der Waals surface area (Å²) in [6.07, 6.45) is -0.426. The third kappa shape index (κ3) is 3.06. The van der Waals surface area contributed by atoms with Crippen LogP contribution in [0.5, 0.6) is 0 Å². The zero-order valence-corrected chi connectivity index (χ0v) is 16.8. The van der Waals surface area contributed by atoms with Crippen molar-refractivity contribution in [3.8, 4) is 11.1 Å². The standard InChI is InChI=1S/C23H17N3O6/c27-23(24-10-9-14-11-15(25(28)29)12-21(22(14)24)26(30)31)32-13-20-18-7-3-1-5-16(18)17-6-2-4-8-19(17)20/h1-8,11-12,20H,9-10,13H2. The van der Waals surface area contributed by atoms with Gasteiger partial charge >= 0.3 is 6.09 Å². The van der Waals surface area contributed by atoms with Gasteiger partial charge in [-0.1, -0.05) is 48.5 Å². The number of hydrogen-bond donors (Lipinski definition) is 0. The minimum atomic E-state index is -0.707. The van der Waals surface area contributed by atoms with Crippen molar-refractivity contribution in [2.75, 3.05) is 18.1 Å². The molecule has 3 aromatic carbocycles. The Morgan fingerprint density at radius 3 is 2.19 bits per heavy atom. The number of benzene rings is 3. The molecule has 32 heavy (non-hydrogen) atoms. The number of carbonyl (C=O) groups excluding carboxylic acids is 1. The maximum absolute atomic E-state index is 12.9. The Hall–Kier alpha value is -4.27. The number of nitro groups is 2. The molecule has 0 aromatic heterocycles. The summed E-state index contributed by atoms with van der Waals surface area (Å²) in [6, 6.07) is 18.0. The molecule has 0 fully saturated rings. The van der Waals surface area contributed by atoms with Crippen LogP contribution in [0.3, 0.4) is 0 Å². The molecule has 0 radical (unpaired) electrons. The summed E-state index contributed by atoms with van der Waals surface area (Å²) in [7, 11) is 0. The maximum Gasteiger partial charge on any atom is 0.414 e. The number of fused-ring (bicyclic) bond motifs is 4. The number of ether oxygens (including phenoxy) is 1. The van der Waals surface area contributed by atoms with E-state index in [4.69, 9.17) is 4.74 Å². The lowest BCUT2D eigenvalue weighted by molar-refractivity contribution is -0.393. The number of anilines is 1. The first kappa shape index (κ1) is 19.7. The highest BCUT2D eigenvalue weighted by molar-refractivity contribution is 5.94. The Morgan fingerprint density at radius 2 is 1.59 bits per heavy atom. The lowest BCUT2D eigenvalue weighted by Gasteiger charge is -2.19. The summed E-state index contributed by atoms with van der Waals surface area (Å²) in [5.41, 5.74) is 3.93. The second-order valence-corrected chi connectivity index (χ2v) is 7.69. The smallest absolute Gasteiger partial charge is 0.414 e. The van der Waals surface area contributed by atoms with Gasteiger partial charge in [-0.2, -0.15) is 0 Å². The average Bonchev–Trinajstić information content (AvgIpc) is 3.36. The number of non-ortho nitro benzene ring substituents is 1. The van der Waals surface area contributed by atoms with E-state index < -0.39 is 21.6 Å². The Labute approximate surface area is 182 Å². The van der Waals surface area contributed by atoms with Crippen LogP contribution < -0.4 is 4.90 Å².